The number of amides is 1. The summed E-state index contributed by atoms with van der Waals surface area (Å²) in [5.41, 5.74) is 2.96. The Balaban J connectivity index is 1.64. The molecule has 4 aromatic rings. The molecule has 1 atom stereocenters. The number of aryl methyl sites for hydroxylation is 2. The lowest BCUT2D eigenvalue weighted by Gasteiger charge is -2.13. The average molecular weight is 378 g/mol. The molecule has 4 heterocycles. The number of carbonyl (C=O) groups is 1. The van der Waals surface area contributed by atoms with E-state index in [0.29, 0.717) is 33.9 Å². The number of carbonyl (C=O) groups excluding carboxylic acids is 1. The summed E-state index contributed by atoms with van der Waals surface area (Å²) in [7, 11) is 0. The Labute approximate surface area is 159 Å². The molecule has 0 saturated heterocycles. The molecule has 4 rings (SSSR count). The number of nitrogens with one attached hydrogen (secondary N) is 2. The van der Waals surface area contributed by atoms with Crippen molar-refractivity contribution in [3.05, 3.63) is 69.7 Å². The van der Waals surface area contributed by atoms with E-state index in [4.69, 9.17) is 4.52 Å². The molecule has 0 fully saturated rings. The fourth-order valence-corrected chi connectivity index (χ4v) is 3.03. The van der Waals surface area contributed by atoms with Gasteiger partial charge < -0.3 is 9.84 Å². The highest BCUT2D eigenvalue weighted by Crippen LogP contribution is 2.25. The summed E-state index contributed by atoms with van der Waals surface area (Å²) >= 11 is 0. The summed E-state index contributed by atoms with van der Waals surface area (Å²) in [6.07, 6.45) is 3.25. The number of hydrogen-bond acceptors (Lipinski definition) is 6. The van der Waals surface area contributed by atoms with Crippen molar-refractivity contribution in [2.45, 2.75) is 26.8 Å². The smallest absolute Gasteiger partial charge is 0.272 e. The number of hydrogen-bond donors (Lipinski definition) is 2. The topological polar surface area (TPSA) is 118 Å². The molecule has 28 heavy (non-hydrogen) atoms. The highest BCUT2D eigenvalue weighted by Gasteiger charge is 2.24. The normalized spacial score (nSPS) is 12.2. The Hall–Kier alpha value is -3.75. The van der Waals surface area contributed by atoms with E-state index in [1.165, 1.54) is 10.6 Å². The third kappa shape index (κ3) is 3.07. The second kappa shape index (κ2) is 6.76. The van der Waals surface area contributed by atoms with Crippen LogP contribution >= 0.6 is 0 Å². The molecule has 0 bridgehead atoms. The van der Waals surface area contributed by atoms with Gasteiger partial charge in [0.2, 0.25) is 0 Å². The zero-order valence-corrected chi connectivity index (χ0v) is 15.6. The number of H-pyrrole nitrogens is 1. The minimum atomic E-state index is -0.489. The highest BCUT2D eigenvalue weighted by molar-refractivity contribution is 6.00. The fraction of sp³-hybridized carbons (Fsp3) is 0.211. The predicted octanol–water partition coefficient (Wildman–Crippen LogP) is 2.18. The van der Waals surface area contributed by atoms with E-state index in [-0.39, 0.29) is 11.5 Å². The van der Waals surface area contributed by atoms with Crippen LogP contribution in [0.15, 0.2) is 46.0 Å². The van der Waals surface area contributed by atoms with Crippen molar-refractivity contribution in [1.82, 2.24) is 30.1 Å². The van der Waals surface area contributed by atoms with Gasteiger partial charge in [-0.3, -0.25) is 19.7 Å². The molecule has 0 spiro atoms. The van der Waals surface area contributed by atoms with Crippen LogP contribution in [0.4, 0.5) is 0 Å². The van der Waals surface area contributed by atoms with E-state index in [0.717, 1.165) is 5.69 Å². The van der Waals surface area contributed by atoms with Gasteiger partial charge in [0.15, 0.2) is 5.65 Å². The van der Waals surface area contributed by atoms with Crippen molar-refractivity contribution >= 4 is 11.6 Å². The van der Waals surface area contributed by atoms with Gasteiger partial charge in [0, 0.05) is 35.8 Å². The van der Waals surface area contributed by atoms with Crippen LogP contribution in [-0.4, -0.2) is 30.6 Å². The Morgan fingerprint density at radius 2 is 2.14 bits per heavy atom. The number of rotatable bonds is 4. The van der Waals surface area contributed by atoms with Crippen molar-refractivity contribution < 1.29 is 9.32 Å². The number of nitrogens with zero attached hydrogens (tertiary/aromatic N) is 4. The molecule has 0 aliphatic heterocycles. The van der Waals surface area contributed by atoms with E-state index < -0.39 is 6.04 Å². The van der Waals surface area contributed by atoms with Crippen LogP contribution in [0.5, 0.6) is 0 Å². The lowest BCUT2D eigenvalue weighted by molar-refractivity contribution is 0.0938. The first-order valence-electron chi connectivity index (χ1n) is 8.71. The Morgan fingerprint density at radius 1 is 1.32 bits per heavy atom. The summed E-state index contributed by atoms with van der Waals surface area (Å²) in [4.78, 5) is 33.7. The fourth-order valence-electron chi connectivity index (χ4n) is 3.03. The Morgan fingerprint density at radius 3 is 2.89 bits per heavy atom. The van der Waals surface area contributed by atoms with E-state index in [2.05, 4.69) is 25.5 Å². The van der Waals surface area contributed by atoms with Gasteiger partial charge in [-0.25, -0.2) is 9.50 Å². The van der Waals surface area contributed by atoms with Crippen LogP contribution in [0.25, 0.3) is 16.9 Å². The molecule has 0 aliphatic rings. The maximum atomic E-state index is 12.9. The number of pyridine rings is 1. The largest absolute Gasteiger partial charge is 0.360 e. The molecular formula is C19H18N6O3. The van der Waals surface area contributed by atoms with Gasteiger partial charge in [0.05, 0.1) is 11.7 Å². The Kier molecular flexibility index (Phi) is 4.26. The van der Waals surface area contributed by atoms with Gasteiger partial charge in [-0.05, 0) is 32.9 Å². The second-order valence-corrected chi connectivity index (χ2v) is 6.55. The summed E-state index contributed by atoms with van der Waals surface area (Å²) in [6.45, 7) is 5.28. The molecule has 0 radical (unpaired) electrons. The van der Waals surface area contributed by atoms with Crippen molar-refractivity contribution in [2.75, 3.05) is 0 Å². The molecule has 0 unspecified atom stereocenters. The standard InChI is InChI=1S/C19H18N6O3/c1-10-7-15-22-14(8-16(26)25(15)23-10)11(2)21-19(27)17-12(3)28-24-18(17)13-5-4-6-20-9-13/h4-9,11,23H,1-3H3,(H,21,27)/t11-/m1/s1. The van der Waals surface area contributed by atoms with Gasteiger partial charge in [-0.2, -0.15) is 0 Å². The molecule has 0 aliphatic carbocycles. The van der Waals surface area contributed by atoms with Crippen LogP contribution in [0.1, 0.15) is 40.5 Å². The zero-order valence-electron chi connectivity index (χ0n) is 15.6. The first-order chi connectivity index (χ1) is 13.4. The molecule has 4 aromatic heterocycles. The Bertz CT molecular complexity index is 1220. The average Bonchev–Trinajstić information content (AvgIpc) is 3.24. The van der Waals surface area contributed by atoms with Gasteiger partial charge >= 0.3 is 0 Å². The van der Waals surface area contributed by atoms with Crippen LogP contribution in [0.3, 0.4) is 0 Å². The SMILES string of the molecule is Cc1cc2nc([C@@H](C)NC(=O)c3c(-c4cccnc4)noc3C)cc(=O)n2[nH]1. The molecule has 9 heteroatoms. The van der Waals surface area contributed by atoms with Gasteiger partial charge in [-0.1, -0.05) is 5.16 Å². The van der Waals surface area contributed by atoms with Crippen LogP contribution in [-0.2, 0) is 0 Å². The van der Waals surface area contributed by atoms with E-state index in [9.17, 15) is 9.59 Å². The quantitative estimate of drug-likeness (QED) is 0.562. The maximum Gasteiger partial charge on any atom is 0.272 e. The van der Waals surface area contributed by atoms with Crippen molar-refractivity contribution in [1.29, 1.82) is 0 Å². The second-order valence-electron chi connectivity index (χ2n) is 6.55. The molecular weight excluding hydrogens is 360 g/mol. The van der Waals surface area contributed by atoms with E-state index >= 15 is 0 Å². The van der Waals surface area contributed by atoms with Gasteiger partial charge in [0.25, 0.3) is 11.5 Å². The lowest BCUT2D eigenvalue weighted by atomic mass is 10.1. The predicted molar refractivity (Wildman–Crippen MR) is 101 cm³/mol. The molecule has 2 N–H and O–H groups in total. The van der Waals surface area contributed by atoms with Crippen LogP contribution in [0, 0.1) is 13.8 Å². The first kappa shape index (κ1) is 17.7. The third-order valence-corrected chi connectivity index (χ3v) is 4.41. The van der Waals surface area contributed by atoms with Crippen LogP contribution in [0.2, 0.25) is 0 Å². The summed E-state index contributed by atoms with van der Waals surface area (Å²) in [5, 5.41) is 9.78. The van der Waals surface area contributed by atoms with E-state index in [1.807, 2.05) is 6.92 Å². The van der Waals surface area contributed by atoms with Gasteiger partial charge in [-0.15, -0.1) is 0 Å². The minimum Gasteiger partial charge on any atom is -0.360 e. The third-order valence-electron chi connectivity index (χ3n) is 4.41. The molecule has 9 nitrogen and oxygen atoms in total. The molecule has 0 aromatic carbocycles. The lowest BCUT2D eigenvalue weighted by Crippen LogP contribution is -2.29. The summed E-state index contributed by atoms with van der Waals surface area (Å²) < 4.78 is 6.59. The summed E-state index contributed by atoms with van der Waals surface area (Å²) in [6, 6.07) is 6.24. The van der Waals surface area contributed by atoms with Gasteiger partial charge in [0.1, 0.15) is 17.0 Å². The highest BCUT2D eigenvalue weighted by atomic mass is 16.5. The molecule has 1 amide bonds. The van der Waals surface area contributed by atoms with Crippen molar-refractivity contribution in [2.24, 2.45) is 0 Å². The number of aromatic amines is 1. The van der Waals surface area contributed by atoms with Crippen molar-refractivity contribution in [3.8, 4) is 11.3 Å². The van der Waals surface area contributed by atoms with E-state index in [1.54, 1.807) is 44.4 Å². The van der Waals surface area contributed by atoms with Crippen molar-refractivity contribution in [3.63, 3.8) is 0 Å². The minimum absolute atomic E-state index is 0.244. The summed E-state index contributed by atoms with van der Waals surface area (Å²) in [5.74, 6) is 0.0330. The molecule has 142 valence electrons. The molecule has 0 saturated carbocycles. The monoisotopic (exact) mass is 378 g/mol. The zero-order chi connectivity index (χ0) is 19.8. The van der Waals surface area contributed by atoms with Crippen LogP contribution < -0.4 is 10.9 Å². The number of aromatic nitrogens is 5. The maximum absolute atomic E-state index is 12.9. The number of fused-ring (bicyclic) bond motifs is 1. The first-order valence-corrected chi connectivity index (χ1v) is 8.71.